The van der Waals surface area contributed by atoms with Crippen molar-refractivity contribution in [1.29, 1.82) is 0 Å². The van der Waals surface area contributed by atoms with Crippen molar-refractivity contribution in [2.45, 2.75) is 18.7 Å². The predicted octanol–water partition coefficient (Wildman–Crippen LogP) is 0.168. The first-order valence-corrected chi connectivity index (χ1v) is 8.75. The Morgan fingerprint density at radius 2 is 2.00 bits per heavy atom. The van der Waals surface area contributed by atoms with Crippen molar-refractivity contribution in [1.82, 2.24) is 9.62 Å². The highest BCUT2D eigenvalue weighted by Gasteiger charge is 2.30. The number of carbonyl (C=O) groups excluding carboxylic acids is 1. The van der Waals surface area contributed by atoms with E-state index in [0.29, 0.717) is 18.7 Å². The Balaban J connectivity index is 2.11. The number of carbonyl (C=O) groups is 1. The van der Waals surface area contributed by atoms with Gasteiger partial charge in [0.1, 0.15) is 12.4 Å². The third kappa shape index (κ3) is 3.89. The van der Waals surface area contributed by atoms with Crippen molar-refractivity contribution >= 4 is 21.8 Å². The van der Waals surface area contributed by atoms with Crippen LogP contribution in [0, 0.1) is 5.41 Å². The summed E-state index contributed by atoms with van der Waals surface area (Å²) in [6.07, 6.45) is 0. The highest BCUT2D eigenvalue weighted by atomic mass is 32.2. The van der Waals surface area contributed by atoms with E-state index in [1.54, 1.807) is 30.1 Å². The standard InChI is InChI=1S/C15H22N4O3S/c1-15(2,9-16)10-19(3)13(20)8-17-14-11-6-4-5-7-12(11)23(21,22)18-14/h4-7H,8-10,16H2,1-3H3,(H,17,18). The molecule has 1 heterocycles. The zero-order chi connectivity index (χ0) is 17.3. The zero-order valence-electron chi connectivity index (χ0n) is 13.5. The maximum absolute atomic E-state index is 12.2. The maximum atomic E-state index is 12.2. The largest absolute Gasteiger partial charge is 0.344 e. The van der Waals surface area contributed by atoms with Gasteiger partial charge in [-0.2, -0.15) is 0 Å². The minimum Gasteiger partial charge on any atom is -0.344 e. The smallest absolute Gasteiger partial charge is 0.263 e. The van der Waals surface area contributed by atoms with Crippen molar-refractivity contribution in [3.8, 4) is 0 Å². The van der Waals surface area contributed by atoms with Crippen LogP contribution in [0.1, 0.15) is 19.4 Å². The van der Waals surface area contributed by atoms with Crippen LogP contribution in [-0.4, -0.2) is 51.7 Å². The molecule has 0 saturated heterocycles. The molecule has 8 heteroatoms. The fourth-order valence-electron chi connectivity index (χ4n) is 2.31. The van der Waals surface area contributed by atoms with Gasteiger partial charge in [-0.25, -0.2) is 8.42 Å². The lowest BCUT2D eigenvalue weighted by atomic mass is 9.93. The fraction of sp³-hybridized carbons (Fsp3) is 0.467. The van der Waals surface area contributed by atoms with Crippen LogP contribution < -0.4 is 10.5 Å². The molecule has 0 aliphatic carbocycles. The second kappa shape index (κ2) is 6.29. The number of nitrogens with zero attached hydrogens (tertiary/aromatic N) is 2. The SMILES string of the molecule is CN(CC(C)(C)CN)C(=O)CN=C1NS(=O)(=O)c2ccccc21. The minimum absolute atomic E-state index is 0.122. The van der Waals surface area contributed by atoms with Crippen molar-refractivity contribution in [3.05, 3.63) is 29.8 Å². The van der Waals surface area contributed by atoms with Crippen LogP contribution in [0.25, 0.3) is 0 Å². The monoisotopic (exact) mass is 338 g/mol. The molecule has 1 aliphatic rings. The van der Waals surface area contributed by atoms with Crippen LogP contribution in [-0.2, 0) is 14.8 Å². The summed E-state index contributed by atoms with van der Waals surface area (Å²) in [5.74, 6) is 0.0167. The normalized spacial score (nSPS) is 17.7. The van der Waals surface area contributed by atoms with E-state index in [9.17, 15) is 13.2 Å². The number of rotatable bonds is 5. The number of hydrogen-bond acceptors (Lipinski definition) is 5. The average molecular weight is 338 g/mol. The van der Waals surface area contributed by atoms with Gasteiger partial charge in [-0.1, -0.05) is 26.0 Å². The van der Waals surface area contributed by atoms with Crippen molar-refractivity contribution in [2.75, 3.05) is 26.7 Å². The van der Waals surface area contributed by atoms with Crippen LogP contribution in [0.4, 0.5) is 0 Å². The quantitative estimate of drug-likeness (QED) is 0.798. The number of hydrogen-bond donors (Lipinski definition) is 2. The molecule has 0 radical (unpaired) electrons. The number of sulfonamides is 1. The molecule has 23 heavy (non-hydrogen) atoms. The topological polar surface area (TPSA) is 105 Å². The lowest BCUT2D eigenvalue weighted by Crippen LogP contribution is -2.40. The van der Waals surface area contributed by atoms with Crippen molar-refractivity contribution in [2.24, 2.45) is 16.1 Å². The summed E-state index contributed by atoms with van der Waals surface area (Å²) >= 11 is 0. The third-order valence-electron chi connectivity index (χ3n) is 3.68. The second-order valence-electron chi connectivity index (χ2n) is 6.38. The van der Waals surface area contributed by atoms with Gasteiger partial charge in [0.05, 0.1) is 4.90 Å². The Morgan fingerprint density at radius 3 is 2.65 bits per heavy atom. The number of fused-ring (bicyclic) bond motifs is 1. The van der Waals surface area contributed by atoms with E-state index in [2.05, 4.69) is 9.71 Å². The van der Waals surface area contributed by atoms with Gasteiger partial charge in [-0.15, -0.1) is 0 Å². The van der Waals surface area contributed by atoms with Crippen LogP contribution in [0.3, 0.4) is 0 Å². The molecule has 126 valence electrons. The zero-order valence-corrected chi connectivity index (χ0v) is 14.4. The average Bonchev–Trinajstić information content (AvgIpc) is 2.76. The van der Waals surface area contributed by atoms with Crippen LogP contribution in [0.2, 0.25) is 0 Å². The maximum Gasteiger partial charge on any atom is 0.263 e. The number of nitrogens with one attached hydrogen (secondary N) is 1. The first-order valence-electron chi connectivity index (χ1n) is 7.27. The van der Waals surface area contributed by atoms with Gasteiger partial charge in [0.25, 0.3) is 10.0 Å². The number of amides is 1. The first-order chi connectivity index (χ1) is 10.7. The molecule has 0 aromatic heterocycles. The van der Waals surface area contributed by atoms with Crippen LogP contribution in [0.15, 0.2) is 34.2 Å². The second-order valence-corrected chi connectivity index (χ2v) is 8.04. The molecule has 0 atom stereocenters. The third-order valence-corrected chi connectivity index (χ3v) is 5.08. The number of likely N-dealkylation sites (N-methyl/N-ethyl adjacent to an activating group) is 1. The number of benzene rings is 1. The molecular weight excluding hydrogens is 316 g/mol. The van der Waals surface area contributed by atoms with E-state index >= 15 is 0 Å². The molecule has 7 nitrogen and oxygen atoms in total. The summed E-state index contributed by atoms with van der Waals surface area (Å²) < 4.78 is 26.3. The van der Waals surface area contributed by atoms with E-state index in [1.165, 1.54) is 6.07 Å². The highest BCUT2D eigenvalue weighted by Crippen LogP contribution is 2.22. The molecule has 3 N–H and O–H groups in total. The van der Waals surface area contributed by atoms with Gasteiger partial charge in [0.15, 0.2) is 0 Å². The molecule has 0 saturated carbocycles. The highest BCUT2D eigenvalue weighted by molar-refractivity contribution is 7.90. The Labute approximate surface area is 136 Å². The Kier molecular flexibility index (Phi) is 4.76. The minimum atomic E-state index is -3.58. The van der Waals surface area contributed by atoms with Crippen LogP contribution in [0.5, 0.6) is 0 Å². The molecular formula is C15H22N4O3S. The molecule has 0 unspecified atom stereocenters. The summed E-state index contributed by atoms with van der Waals surface area (Å²) in [5.41, 5.74) is 5.98. The molecule has 0 fully saturated rings. The van der Waals surface area contributed by atoms with Gasteiger partial charge in [-0.3, -0.25) is 14.5 Å². The number of nitrogens with two attached hydrogens (primary N) is 1. The summed E-state index contributed by atoms with van der Waals surface area (Å²) in [6.45, 7) is 4.80. The van der Waals surface area contributed by atoms with Gasteiger partial charge in [0, 0.05) is 19.2 Å². The van der Waals surface area contributed by atoms with E-state index in [0.717, 1.165) is 0 Å². The molecule has 1 aromatic carbocycles. The van der Waals surface area contributed by atoms with E-state index in [4.69, 9.17) is 5.73 Å². The van der Waals surface area contributed by atoms with Crippen molar-refractivity contribution < 1.29 is 13.2 Å². The molecule has 0 bridgehead atoms. The summed E-state index contributed by atoms with van der Waals surface area (Å²) in [7, 11) is -1.89. The predicted molar refractivity (Wildman–Crippen MR) is 88.6 cm³/mol. The number of aliphatic imine (C=N–C) groups is 1. The summed E-state index contributed by atoms with van der Waals surface area (Å²) in [5, 5.41) is 0. The lowest BCUT2D eigenvalue weighted by Gasteiger charge is -2.28. The number of amidine groups is 1. The molecule has 1 amide bonds. The Bertz CT molecular complexity index is 741. The van der Waals surface area contributed by atoms with Gasteiger partial charge in [-0.05, 0) is 24.1 Å². The fourth-order valence-corrected chi connectivity index (χ4v) is 3.56. The van der Waals surface area contributed by atoms with Crippen LogP contribution >= 0.6 is 0 Å². The van der Waals surface area contributed by atoms with Gasteiger partial charge < -0.3 is 10.6 Å². The van der Waals surface area contributed by atoms with Gasteiger partial charge >= 0.3 is 0 Å². The van der Waals surface area contributed by atoms with E-state index < -0.39 is 10.0 Å². The molecule has 1 aliphatic heterocycles. The van der Waals surface area contributed by atoms with Gasteiger partial charge in [0.2, 0.25) is 5.91 Å². The van der Waals surface area contributed by atoms with Crippen molar-refractivity contribution in [3.63, 3.8) is 0 Å². The summed E-state index contributed by atoms with van der Waals surface area (Å²) in [6, 6.07) is 6.55. The Morgan fingerprint density at radius 1 is 1.35 bits per heavy atom. The Hall–Kier alpha value is -1.93. The molecule has 0 spiro atoms. The first kappa shape index (κ1) is 17.4. The summed E-state index contributed by atoms with van der Waals surface area (Å²) in [4.78, 5) is 18.1. The molecule has 1 aromatic rings. The van der Waals surface area contributed by atoms with E-state index in [1.807, 2.05) is 13.8 Å². The lowest BCUT2D eigenvalue weighted by molar-refractivity contribution is -0.129. The molecule has 2 rings (SSSR count). The van der Waals surface area contributed by atoms with E-state index in [-0.39, 0.29) is 28.6 Å².